The van der Waals surface area contributed by atoms with Crippen molar-refractivity contribution in [2.75, 3.05) is 0 Å². The number of terminal acetylenes is 1. The van der Waals surface area contributed by atoms with Crippen LogP contribution in [0.25, 0.3) is 0 Å². The third kappa shape index (κ3) is 1.94. The summed E-state index contributed by atoms with van der Waals surface area (Å²) in [6.07, 6.45) is 10.5. The van der Waals surface area contributed by atoms with Crippen molar-refractivity contribution in [1.82, 2.24) is 9.55 Å². The van der Waals surface area contributed by atoms with Gasteiger partial charge in [-0.05, 0) is 0 Å². The summed E-state index contributed by atoms with van der Waals surface area (Å²) in [7, 11) is 0. The SMILES string of the molecule is C#CCCC(=O)n1ccnc1. The van der Waals surface area contributed by atoms with Crippen molar-refractivity contribution in [3.63, 3.8) is 0 Å². The maximum absolute atomic E-state index is 11.1. The Bertz CT molecular complexity index is 269. The fourth-order valence-corrected chi connectivity index (χ4v) is 0.715. The summed E-state index contributed by atoms with van der Waals surface area (Å²) >= 11 is 0. The molecule has 0 fully saturated rings. The Balaban J connectivity index is 2.51. The van der Waals surface area contributed by atoms with Gasteiger partial charge in [0, 0.05) is 25.2 Å². The van der Waals surface area contributed by atoms with Gasteiger partial charge in [0.25, 0.3) is 0 Å². The summed E-state index contributed by atoms with van der Waals surface area (Å²) in [6.45, 7) is 0. The highest BCUT2D eigenvalue weighted by molar-refractivity contribution is 5.78. The Labute approximate surface area is 65.1 Å². The van der Waals surface area contributed by atoms with Crippen LogP contribution in [0, 0.1) is 12.3 Å². The van der Waals surface area contributed by atoms with Gasteiger partial charge in [-0.3, -0.25) is 9.36 Å². The van der Waals surface area contributed by atoms with Crippen molar-refractivity contribution in [3.05, 3.63) is 18.7 Å². The molecule has 0 N–H and O–H groups in total. The summed E-state index contributed by atoms with van der Waals surface area (Å²) in [5.74, 6) is 2.39. The highest BCUT2D eigenvalue weighted by atomic mass is 16.2. The molecule has 3 heteroatoms. The van der Waals surface area contributed by atoms with E-state index in [-0.39, 0.29) is 5.91 Å². The minimum absolute atomic E-state index is 0.0135. The predicted octanol–water partition coefficient (Wildman–Crippen LogP) is 0.937. The predicted molar refractivity (Wildman–Crippen MR) is 40.9 cm³/mol. The molecule has 0 aromatic carbocycles. The van der Waals surface area contributed by atoms with Crippen molar-refractivity contribution in [1.29, 1.82) is 0 Å². The topological polar surface area (TPSA) is 34.9 Å². The quantitative estimate of drug-likeness (QED) is 0.585. The van der Waals surface area contributed by atoms with Crippen LogP contribution in [-0.2, 0) is 0 Å². The average Bonchev–Trinajstić information content (AvgIpc) is 2.52. The van der Waals surface area contributed by atoms with Crippen molar-refractivity contribution in [2.24, 2.45) is 0 Å². The molecular weight excluding hydrogens is 140 g/mol. The first-order chi connectivity index (χ1) is 5.34. The number of imidazole rings is 1. The first kappa shape index (κ1) is 7.55. The van der Waals surface area contributed by atoms with Gasteiger partial charge in [-0.15, -0.1) is 12.3 Å². The van der Waals surface area contributed by atoms with Crippen LogP contribution in [0.5, 0.6) is 0 Å². The van der Waals surface area contributed by atoms with Crippen molar-refractivity contribution >= 4 is 5.91 Å². The lowest BCUT2D eigenvalue weighted by molar-refractivity contribution is 0.0904. The smallest absolute Gasteiger partial charge is 0.232 e. The zero-order valence-electron chi connectivity index (χ0n) is 6.03. The molecule has 1 aromatic heterocycles. The molecular formula is C8H8N2O. The number of carbonyl (C=O) groups excluding carboxylic acids is 1. The fourth-order valence-electron chi connectivity index (χ4n) is 0.715. The second-order valence-corrected chi connectivity index (χ2v) is 2.07. The summed E-state index contributed by atoms with van der Waals surface area (Å²) in [5, 5.41) is 0. The van der Waals surface area contributed by atoms with Crippen LogP contribution >= 0.6 is 0 Å². The van der Waals surface area contributed by atoms with Gasteiger partial charge in [0.15, 0.2) is 0 Å². The third-order valence-corrected chi connectivity index (χ3v) is 1.28. The maximum atomic E-state index is 11.1. The number of carbonyl (C=O) groups is 1. The first-order valence-corrected chi connectivity index (χ1v) is 3.29. The zero-order valence-corrected chi connectivity index (χ0v) is 6.03. The molecule has 0 aliphatic heterocycles. The van der Waals surface area contributed by atoms with Crippen LogP contribution in [0.3, 0.4) is 0 Å². The zero-order chi connectivity index (χ0) is 8.10. The largest absolute Gasteiger partial charge is 0.276 e. The molecule has 56 valence electrons. The van der Waals surface area contributed by atoms with E-state index in [2.05, 4.69) is 10.9 Å². The van der Waals surface area contributed by atoms with Crippen LogP contribution in [-0.4, -0.2) is 15.5 Å². The minimum Gasteiger partial charge on any atom is -0.276 e. The van der Waals surface area contributed by atoms with E-state index in [4.69, 9.17) is 6.42 Å². The average molecular weight is 148 g/mol. The number of rotatable bonds is 2. The first-order valence-electron chi connectivity index (χ1n) is 3.29. The summed E-state index contributed by atoms with van der Waals surface area (Å²) in [5.41, 5.74) is 0. The monoisotopic (exact) mass is 148 g/mol. The molecule has 0 aliphatic carbocycles. The minimum atomic E-state index is -0.0135. The lowest BCUT2D eigenvalue weighted by Crippen LogP contribution is -2.06. The molecule has 0 amide bonds. The summed E-state index contributed by atoms with van der Waals surface area (Å²) in [6, 6.07) is 0. The normalized spacial score (nSPS) is 9.00. The number of nitrogens with zero attached hydrogens (tertiary/aromatic N) is 2. The molecule has 0 unspecified atom stereocenters. The van der Waals surface area contributed by atoms with E-state index in [0.717, 1.165) is 0 Å². The Kier molecular flexibility index (Phi) is 2.45. The van der Waals surface area contributed by atoms with E-state index in [1.807, 2.05) is 0 Å². The summed E-state index contributed by atoms with van der Waals surface area (Å²) < 4.78 is 1.43. The van der Waals surface area contributed by atoms with E-state index < -0.39 is 0 Å². The van der Waals surface area contributed by atoms with Crippen molar-refractivity contribution in [3.8, 4) is 12.3 Å². The molecule has 0 bridgehead atoms. The van der Waals surface area contributed by atoms with E-state index in [0.29, 0.717) is 12.8 Å². The maximum Gasteiger partial charge on any atom is 0.232 e. The van der Waals surface area contributed by atoms with Gasteiger partial charge in [0.1, 0.15) is 6.33 Å². The van der Waals surface area contributed by atoms with Gasteiger partial charge < -0.3 is 0 Å². The van der Waals surface area contributed by atoms with Crippen LogP contribution in [0.2, 0.25) is 0 Å². The Hall–Kier alpha value is -1.56. The molecule has 0 atom stereocenters. The van der Waals surface area contributed by atoms with E-state index >= 15 is 0 Å². The lowest BCUT2D eigenvalue weighted by Gasteiger charge is -1.95. The second-order valence-electron chi connectivity index (χ2n) is 2.07. The molecule has 0 aliphatic rings. The third-order valence-electron chi connectivity index (χ3n) is 1.28. The number of hydrogen-bond donors (Lipinski definition) is 0. The highest BCUT2D eigenvalue weighted by Crippen LogP contribution is 1.93. The molecule has 1 heterocycles. The molecule has 0 saturated carbocycles. The van der Waals surface area contributed by atoms with Crippen LogP contribution in [0.15, 0.2) is 18.7 Å². The van der Waals surface area contributed by atoms with E-state index in [9.17, 15) is 4.79 Å². The Morgan fingerprint density at radius 2 is 2.55 bits per heavy atom. The number of aromatic nitrogens is 2. The molecule has 0 radical (unpaired) electrons. The van der Waals surface area contributed by atoms with Crippen LogP contribution in [0.4, 0.5) is 0 Å². The molecule has 1 rings (SSSR count). The highest BCUT2D eigenvalue weighted by Gasteiger charge is 2.00. The van der Waals surface area contributed by atoms with E-state index in [1.165, 1.54) is 10.9 Å². The van der Waals surface area contributed by atoms with Gasteiger partial charge in [-0.1, -0.05) is 0 Å². The van der Waals surface area contributed by atoms with E-state index in [1.54, 1.807) is 12.4 Å². The van der Waals surface area contributed by atoms with Gasteiger partial charge >= 0.3 is 0 Å². The van der Waals surface area contributed by atoms with Crippen molar-refractivity contribution < 1.29 is 4.79 Å². The van der Waals surface area contributed by atoms with Gasteiger partial charge in [0.05, 0.1) is 0 Å². The van der Waals surface area contributed by atoms with Gasteiger partial charge in [0.2, 0.25) is 5.91 Å². The van der Waals surface area contributed by atoms with Crippen LogP contribution < -0.4 is 0 Å². The van der Waals surface area contributed by atoms with Crippen molar-refractivity contribution in [2.45, 2.75) is 12.8 Å². The van der Waals surface area contributed by atoms with Crippen LogP contribution in [0.1, 0.15) is 17.6 Å². The molecule has 0 saturated heterocycles. The standard InChI is InChI=1S/C8H8N2O/c1-2-3-4-8(11)10-6-5-9-7-10/h1,5-7H,3-4H2. The Morgan fingerprint density at radius 3 is 3.09 bits per heavy atom. The fraction of sp³-hybridized carbons (Fsp3) is 0.250. The summed E-state index contributed by atoms with van der Waals surface area (Å²) in [4.78, 5) is 14.8. The Morgan fingerprint density at radius 1 is 1.73 bits per heavy atom. The lowest BCUT2D eigenvalue weighted by atomic mass is 10.3. The second kappa shape index (κ2) is 3.57. The molecule has 3 nitrogen and oxygen atoms in total. The molecule has 1 aromatic rings. The molecule has 0 spiro atoms. The van der Waals surface area contributed by atoms with Gasteiger partial charge in [-0.2, -0.15) is 0 Å². The number of hydrogen-bond acceptors (Lipinski definition) is 2. The molecule has 11 heavy (non-hydrogen) atoms. The van der Waals surface area contributed by atoms with Gasteiger partial charge in [-0.25, -0.2) is 4.98 Å².